The number of halogens is 1. The topological polar surface area (TPSA) is 60.4 Å². The molecule has 0 N–H and O–H groups in total. The van der Waals surface area contributed by atoms with Gasteiger partial charge >= 0.3 is 5.82 Å². The van der Waals surface area contributed by atoms with Crippen LogP contribution in [-0.2, 0) is 0 Å². The van der Waals surface area contributed by atoms with Gasteiger partial charge in [-0.25, -0.2) is 4.98 Å². The van der Waals surface area contributed by atoms with E-state index in [4.69, 9.17) is 11.6 Å². The molecule has 0 aromatic carbocycles. The van der Waals surface area contributed by atoms with Gasteiger partial charge in [-0.05, 0) is 11.0 Å². The highest BCUT2D eigenvalue weighted by molar-refractivity contribution is 6.30. The molecule has 0 atom stereocenters. The first-order valence-corrected chi connectivity index (χ1v) is 3.83. The number of rotatable bonds is 1. The van der Waals surface area contributed by atoms with Crippen molar-refractivity contribution < 1.29 is 4.92 Å². The Balaban J connectivity index is 2.79. The number of aromatic nitrogens is 2. The van der Waals surface area contributed by atoms with Crippen molar-refractivity contribution in [2.75, 3.05) is 0 Å². The maximum absolute atomic E-state index is 10.5. The van der Waals surface area contributed by atoms with Crippen molar-refractivity contribution in [3.05, 3.63) is 39.7 Å². The van der Waals surface area contributed by atoms with Crippen LogP contribution in [0.4, 0.5) is 5.82 Å². The van der Waals surface area contributed by atoms with Crippen LogP contribution in [0.15, 0.2) is 24.5 Å². The molecule has 0 spiro atoms. The number of nitrogens with zero attached hydrogens (tertiary/aromatic N) is 3. The molecular formula is C7H4ClN3O2. The highest BCUT2D eigenvalue weighted by atomic mass is 35.5. The van der Waals surface area contributed by atoms with Crippen molar-refractivity contribution >= 4 is 23.1 Å². The molecule has 2 heterocycles. The summed E-state index contributed by atoms with van der Waals surface area (Å²) in [6.07, 6.45) is 2.66. The predicted molar refractivity (Wildman–Crippen MR) is 46.9 cm³/mol. The molecule has 13 heavy (non-hydrogen) atoms. The van der Waals surface area contributed by atoms with Gasteiger partial charge in [0.05, 0.1) is 5.02 Å². The summed E-state index contributed by atoms with van der Waals surface area (Å²) in [5, 5.41) is 10.9. The lowest BCUT2D eigenvalue weighted by Gasteiger charge is -1.92. The number of hydrogen-bond acceptors (Lipinski definition) is 3. The second kappa shape index (κ2) is 2.70. The van der Waals surface area contributed by atoms with E-state index in [0.29, 0.717) is 10.7 Å². The van der Waals surface area contributed by atoms with Crippen molar-refractivity contribution in [1.82, 2.24) is 9.38 Å². The van der Waals surface area contributed by atoms with Crippen molar-refractivity contribution in [3.63, 3.8) is 0 Å². The maximum atomic E-state index is 10.5. The molecule has 2 rings (SSSR count). The molecule has 5 nitrogen and oxygen atoms in total. The number of fused-ring (bicyclic) bond motifs is 1. The predicted octanol–water partition coefficient (Wildman–Crippen LogP) is 1.90. The Morgan fingerprint density at radius 2 is 2.31 bits per heavy atom. The summed E-state index contributed by atoms with van der Waals surface area (Å²) < 4.78 is 1.34. The minimum Gasteiger partial charge on any atom is -0.358 e. The second-order valence-corrected chi connectivity index (χ2v) is 2.89. The average Bonchev–Trinajstić information content (AvgIpc) is 2.46. The Morgan fingerprint density at radius 3 is 3.00 bits per heavy atom. The molecule has 0 unspecified atom stereocenters. The summed E-state index contributed by atoms with van der Waals surface area (Å²) in [5.41, 5.74) is 0.510. The van der Waals surface area contributed by atoms with Gasteiger partial charge in [0.25, 0.3) is 0 Å². The van der Waals surface area contributed by atoms with Gasteiger partial charge in [0.2, 0.25) is 5.65 Å². The zero-order valence-electron chi connectivity index (χ0n) is 6.35. The summed E-state index contributed by atoms with van der Waals surface area (Å²) >= 11 is 5.68. The molecule has 0 bridgehead atoms. The highest BCUT2D eigenvalue weighted by Gasteiger charge is 2.12. The van der Waals surface area contributed by atoms with Gasteiger partial charge in [0, 0.05) is 6.07 Å². The lowest BCUT2D eigenvalue weighted by molar-refractivity contribution is -0.390. The van der Waals surface area contributed by atoms with E-state index in [1.807, 2.05) is 0 Å². The number of nitro groups is 1. The van der Waals surface area contributed by atoms with E-state index in [1.165, 1.54) is 16.8 Å². The first kappa shape index (κ1) is 8.00. The zero-order chi connectivity index (χ0) is 9.42. The van der Waals surface area contributed by atoms with E-state index in [-0.39, 0.29) is 5.82 Å². The van der Waals surface area contributed by atoms with Gasteiger partial charge in [-0.3, -0.25) is 0 Å². The van der Waals surface area contributed by atoms with Crippen molar-refractivity contribution in [3.8, 4) is 0 Å². The van der Waals surface area contributed by atoms with E-state index in [9.17, 15) is 10.1 Å². The molecule has 0 fully saturated rings. The molecule has 0 aliphatic heterocycles. The van der Waals surface area contributed by atoms with Gasteiger partial charge < -0.3 is 10.1 Å². The van der Waals surface area contributed by atoms with E-state index in [0.717, 1.165) is 0 Å². The smallest absolute Gasteiger partial charge is 0.347 e. The standard InChI is InChI=1S/C7H4ClN3O2/c8-5-1-2-6-9-3-7(11(12)13)10(6)4-5/h1-4H. The third-order valence-electron chi connectivity index (χ3n) is 1.64. The van der Waals surface area contributed by atoms with Gasteiger partial charge in [0.15, 0.2) is 0 Å². The minimum absolute atomic E-state index is 0.0856. The van der Waals surface area contributed by atoms with Gasteiger partial charge in [-0.1, -0.05) is 11.6 Å². The fourth-order valence-corrected chi connectivity index (χ4v) is 1.24. The molecule has 2 aromatic heterocycles. The van der Waals surface area contributed by atoms with Crippen LogP contribution >= 0.6 is 11.6 Å². The molecule has 0 amide bonds. The van der Waals surface area contributed by atoms with Gasteiger partial charge in [-0.15, -0.1) is 0 Å². The molecule has 0 saturated carbocycles. The van der Waals surface area contributed by atoms with Crippen LogP contribution in [0.5, 0.6) is 0 Å². The monoisotopic (exact) mass is 197 g/mol. The largest absolute Gasteiger partial charge is 0.358 e. The summed E-state index contributed by atoms with van der Waals surface area (Å²) in [7, 11) is 0. The summed E-state index contributed by atoms with van der Waals surface area (Å²) in [5.74, 6) is -0.0856. The quantitative estimate of drug-likeness (QED) is 0.518. The second-order valence-electron chi connectivity index (χ2n) is 2.45. The van der Waals surface area contributed by atoms with Gasteiger partial charge in [-0.2, -0.15) is 4.40 Å². The molecule has 0 radical (unpaired) electrons. The summed E-state index contributed by atoms with van der Waals surface area (Å²) in [6.45, 7) is 0. The Labute approximate surface area is 77.7 Å². The lowest BCUT2D eigenvalue weighted by Crippen LogP contribution is -1.93. The maximum Gasteiger partial charge on any atom is 0.347 e. The van der Waals surface area contributed by atoms with Crippen LogP contribution in [0.2, 0.25) is 5.02 Å². The molecular weight excluding hydrogens is 194 g/mol. The number of imidazole rings is 1. The third kappa shape index (κ3) is 1.23. The Kier molecular flexibility index (Phi) is 1.66. The van der Waals surface area contributed by atoms with E-state index in [1.54, 1.807) is 12.1 Å². The SMILES string of the molecule is O=[N+]([O-])c1cnc2ccc(Cl)cn12. The normalized spacial score (nSPS) is 10.5. The molecule has 0 aliphatic carbocycles. The van der Waals surface area contributed by atoms with Crippen molar-refractivity contribution in [2.24, 2.45) is 0 Å². The Hall–Kier alpha value is -1.62. The lowest BCUT2D eigenvalue weighted by atomic mass is 10.5. The molecule has 2 aromatic rings. The average molecular weight is 198 g/mol. The minimum atomic E-state index is -0.504. The summed E-state index contributed by atoms with van der Waals surface area (Å²) in [4.78, 5) is 13.8. The number of hydrogen-bond donors (Lipinski definition) is 0. The van der Waals surface area contributed by atoms with Crippen LogP contribution in [0.1, 0.15) is 0 Å². The van der Waals surface area contributed by atoms with Crippen LogP contribution in [0, 0.1) is 10.1 Å². The summed E-state index contributed by atoms with van der Waals surface area (Å²) in [6, 6.07) is 3.25. The van der Waals surface area contributed by atoms with E-state index in [2.05, 4.69) is 4.98 Å². The molecule has 66 valence electrons. The third-order valence-corrected chi connectivity index (χ3v) is 1.86. The number of pyridine rings is 1. The first-order chi connectivity index (χ1) is 6.18. The fourth-order valence-electron chi connectivity index (χ4n) is 1.08. The van der Waals surface area contributed by atoms with Crippen LogP contribution in [-0.4, -0.2) is 14.3 Å². The molecule has 0 aliphatic rings. The van der Waals surface area contributed by atoms with Crippen molar-refractivity contribution in [2.45, 2.75) is 0 Å². The first-order valence-electron chi connectivity index (χ1n) is 3.45. The van der Waals surface area contributed by atoms with Crippen LogP contribution in [0.3, 0.4) is 0 Å². The molecule has 0 saturated heterocycles. The van der Waals surface area contributed by atoms with Gasteiger partial charge in [0.1, 0.15) is 12.4 Å². The van der Waals surface area contributed by atoms with Crippen molar-refractivity contribution in [1.29, 1.82) is 0 Å². The van der Waals surface area contributed by atoms with Crippen LogP contribution < -0.4 is 0 Å². The Bertz CT molecular complexity index is 480. The van der Waals surface area contributed by atoms with E-state index < -0.39 is 4.92 Å². The van der Waals surface area contributed by atoms with E-state index >= 15 is 0 Å². The van der Waals surface area contributed by atoms with Crippen LogP contribution in [0.25, 0.3) is 5.65 Å². The highest BCUT2D eigenvalue weighted by Crippen LogP contribution is 2.17. The Morgan fingerprint density at radius 1 is 1.54 bits per heavy atom. The fraction of sp³-hybridized carbons (Fsp3) is 0. The zero-order valence-corrected chi connectivity index (χ0v) is 7.10. The molecule has 6 heteroatoms.